The SMILES string of the molecule is c1ccc(-c2nc(-c3ccc(-n4c5cc6c(cc5c5c7ccccc7ccc54)-c4c(ccc5ccccc45)C6(c4ccccc4)c4ccccc4)cc3)nc3ccccc23)cc1. The van der Waals surface area contributed by atoms with Gasteiger partial charge < -0.3 is 4.57 Å². The van der Waals surface area contributed by atoms with Crippen LogP contribution in [0.25, 0.3) is 93.7 Å². The van der Waals surface area contributed by atoms with Crippen LogP contribution in [0.4, 0.5) is 0 Å². The molecule has 3 heteroatoms. The Kier molecular flexibility index (Phi) is 7.52. The van der Waals surface area contributed by atoms with Crippen molar-refractivity contribution in [2.75, 3.05) is 0 Å². The van der Waals surface area contributed by atoms with E-state index in [1.807, 2.05) is 12.1 Å². The molecular weight excluding hydrogens is 751 g/mol. The van der Waals surface area contributed by atoms with Gasteiger partial charge in [-0.2, -0.15) is 0 Å². The van der Waals surface area contributed by atoms with Crippen molar-refractivity contribution in [1.29, 1.82) is 0 Å². The van der Waals surface area contributed by atoms with Crippen molar-refractivity contribution in [3.8, 4) is 39.5 Å². The van der Waals surface area contributed by atoms with E-state index in [1.165, 1.54) is 76.7 Å². The molecule has 0 unspecified atom stereocenters. The van der Waals surface area contributed by atoms with E-state index < -0.39 is 5.41 Å². The minimum absolute atomic E-state index is 0.553. The molecule has 1 aliphatic carbocycles. The zero-order chi connectivity index (χ0) is 40.8. The van der Waals surface area contributed by atoms with Crippen LogP contribution in [0.5, 0.6) is 0 Å². The summed E-state index contributed by atoms with van der Waals surface area (Å²) < 4.78 is 2.47. The smallest absolute Gasteiger partial charge is 0.160 e. The highest BCUT2D eigenvalue weighted by Crippen LogP contribution is 2.59. The lowest BCUT2D eigenvalue weighted by atomic mass is 9.67. The third-order valence-corrected chi connectivity index (χ3v) is 13.2. The van der Waals surface area contributed by atoms with Crippen molar-refractivity contribution in [3.05, 3.63) is 247 Å². The second kappa shape index (κ2) is 13.4. The van der Waals surface area contributed by atoms with Gasteiger partial charge in [-0.15, -0.1) is 0 Å². The van der Waals surface area contributed by atoms with Gasteiger partial charge in [-0.3, -0.25) is 0 Å². The van der Waals surface area contributed by atoms with Crippen LogP contribution in [0.15, 0.2) is 224 Å². The van der Waals surface area contributed by atoms with Crippen LogP contribution in [-0.4, -0.2) is 14.5 Å². The molecule has 0 saturated heterocycles. The molecule has 0 radical (unpaired) electrons. The number of rotatable bonds is 5. The first-order chi connectivity index (χ1) is 30.8. The molecule has 0 amide bonds. The molecule has 12 aromatic rings. The van der Waals surface area contributed by atoms with Crippen LogP contribution in [-0.2, 0) is 5.41 Å². The molecular formula is C59H37N3. The van der Waals surface area contributed by atoms with E-state index >= 15 is 0 Å². The fourth-order valence-corrected chi connectivity index (χ4v) is 10.6. The van der Waals surface area contributed by atoms with Crippen LogP contribution in [0.3, 0.4) is 0 Å². The standard InChI is InChI=1S/C59H37N3/c1-4-18-40(19-5-1)57-47-26-14-15-27-52(47)60-58(61-57)41-28-32-44(33-29-41)62-53-35-31-39-17-11-13-25-46(39)56(53)49-36-48-51(37-54(49)62)59(42-20-6-2-7-21-42,43-22-8-3-9-23-43)50-34-30-38-16-10-12-24-45(38)55(48)50/h1-37H. The van der Waals surface area contributed by atoms with E-state index in [2.05, 4.69) is 217 Å². The second-order valence-corrected chi connectivity index (χ2v) is 16.4. The largest absolute Gasteiger partial charge is 0.309 e. The molecule has 0 bridgehead atoms. The molecule has 1 aliphatic rings. The molecule has 0 aliphatic heterocycles. The maximum atomic E-state index is 5.20. The lowest BCUT2D eigenvalue weighted by Gasteiger charge is -2.34. The van der Waals surface area contributed by atoms with Gasteiger partial charge in [-0.05, 0) is 103 Å². The molecule has 0 fully saturated rings. The normalized spacial score (nSPS) is 13.0. The fourth-order valence-electron chi connectivity index (χ4n) is 10.6. The fraction of sp³-hybridized carbons (Fsp3) is 0.0169. The molecule has 288 valence electrons. The summed E-state index contributed by atoms with van der Waals surface area (Å²) in [5, 5.41) is 8.53. The van der Waals surface area contributed by atoms with E-state index in [0.717, 1.165) is 33.4 Å². The van der Waals surface area contributed by atoms with Gasteiger partial charge in [-0.1, -0.05) is 176 Å². The lowest BCUT2D eigenvalue weighted by Crippen LogP contribution is -2.28. The summed E-state index contributed by atoms with van der Waals surface area (Å²) in [7, 11) is 0. The van der Waals surface area contributed by atoms with Gasteiger partial charge in [-0.25, -0.2) is 9.97 Å². The molecule has 10 aromatic carbocycles. The summed E-state index contributed by atoms with van der Waals surface area (Å²) in [4.78, 5) is 10.3. The second-order valence-electron chi connectivity index (χ2n) is 16.4. The Morgan fingerprint density at radius 1 is 0.387 bits per heavy atom. The highest BCUT2D eigenvalue weighted by molar-refractivity contribution is 6.23. The van der Waals surface area contributed by atoms with Crippen molar-refractivity contribution in [2.45, 2.75) is 5.41 Å². The minimum atomic E-state index is -0.553. The topological polar surface area (TPSA) is 30.7 Å². The average Bonchev–Trinajstić information content (AvgIpc) is 3.84. The number of hydrogen-bond acceptors (Lipinski definition) is 2. The highest BCUT2D eigenvalue weighted by Gasteiger charge is 2.47. The summed E-state index contributed by atoms with van der Waals surface area (Å²) in [6, 6.07) is 81.8. The third-order valence-electron chi connectivity index (χ3n) is 13.2. The predicted molar refractivity (Wildman–Crippen MR) is 257 cm³/mol. The Hall–Kier alpha value is -8.14. The number of para-hydroxylation sites is 1. The molecule has 13 rings (SSSR count). The predicted octanol–water partition coefficient (Wildman–Crippen LogP) is 14.7. The Labute approximate surface area is 358 Å². The van der Waals surface area contributed by atoms with E-state index in [-0.39, 0.29) is 0 Å². The maximum absolute atomic E-state index is 5.20. The van der Waals surface area contributed by atoms with E-state index in [9.17, 15) is 0 Å². The molecule has 62 heavy (non-hydrogen) atoms. The van der Waals surface area contributed by atoms with Crippen LogP contribution in [0, 0.1) is 0 Å². The molecule has 2 aromatic heterocycles. The van der Waals surface area contributed by atoms with Crippen molar-refractivity contribution in [2.24, 2.45) is 0 Å². The summed E-state index contributed by atoms with van der Waals surface area (Å²) in [6.07, 6.45) is 0. The van der Waals surface area contributed by atoms with Crippen LogP contribution >= 0.6 is 0 Å². The zero-order valence-corrected chi connectivity index (χ0v) is 33.7. The monoisotopic (exact) mass is 787 g/mol. The number of fused-ring (bicyclic) bond motifs is 11. The number of hydrogen-bond donors (Lipinski definition) is 0. The molecule has 0 spiro atoms. The van der Waals surface area contributed by atoms with Gasteiger partial charge in [0.1, 0.15) is 0 Å². The van der Waals surface area contributed by atoms with Crippen molar-refractivity contribution in [3.63, 3.8) is 0 Å². The molecule has 0 N–H and O–H groups in total. The van der Waals surface area contributed by atoms with Gasteiger partial charge in [0.2, 0.25) is 0 Å². The van der Waals surface area contributed by atoms with Crippen LogP contribution in [0.2, 0.25) is 0 Å². The van der Waals surface area contributed by atoms with Gasteiger partial charge in [0.15, 0.2) is 5.82 Å². The van der Waals surface area contributed by atoms with Gasteiger partial charge in [0.25, 0.3) is 0 Å². The van der Waals surface area contributed by atoms with Crippen LogP contribution < -0.4 is 0 Å². The molecule has 2 heterocycles. The van der Waals surface area contributed by atoms with Gasteiger partial charge in [0.05, 0.1) is 27.7 Å². The highest BCUT2D eigenvalue weighted by atomic mass is 15.0. The minimum Gasteiger partial charge on any atom is -0.309 e. The first kappa shape index (κ1) is 34.7. The Bertz CT molecular complexity index is 3680. The third kappa shape index (κ3) is 4.94. The van der Waals surface area contributed by atoms with Crippen molar-refractivity contribution in [1.82, 2.24) is 14.5 Å². The number of nitrogens with zero attached hydrogens (tertiary/aromatic N) is 3. The Morgan fingerprint density at radius 3 is 1.71 bits per heavy atom. The Balaban J connectivity index is 1.10. The summed E-state index contributed by atoms with van der Waals surface area (Å²) in [5.74, 6) is 0.709. The summed E-state index contributed by atoms with van der Waals surface area (Å²) in [5.41, 5.74) is 14.5. The van der Waals surface area contributed by atoms with Gasteiger partial charge >= 0.3 is 0 Å². The summed E-state index contributed by atoms with van der Waals surface area (Å²) >= 11 is 0. The average molecular weight is 788 g/mol. The molecule has 0 saturated carbocycles. The Morgan fingerprint density at radius 2 is 0.984 bits per heavy atom. The first-order valence-corrected chi connectivity index (χ1v) is 21.3. The lowest BCUT2D eigenvalue weighted by molar-refractivity contribution is 0.769. The quantitative estimate of drug-likeness (QED) is 0.174. The number of benzene rings is 10. The molecule has 0 atom stereocenters. The van der Waals surface area contributed by atoms with Crippen LogP contribution in [0.1, 0.15) is 22.3 Å². The van der Waals surface area contributed by atoms with E-state index in [1.54, 1.807) is 0 Å². The summed E-state index contributed by atoms with van der Waals surface area (Å²) in [6.45, 7) is 0. The zero-order valence-electron chi connectivity index (χ0n) is 33.7. The van der Waals surface area contributed by atoms with E-state index in [4.69, 9.17) is 9.97 Å². The van der Waals surface area contributed by atoms with E-state index in [0.29, 0.717) is 5.82 Å². The molecule has 3 nitrogen and oxygen atoms in total. The maximum Gasteiger partial charge on any atom is 0.160 e. The number of aromatic nitrogens is 3. The van der Waals surface area contributed by atoms with Gasteiger partial charge in [0, 0.05) is 33.0 Å². The van der Waals surface area contributed by atoms with Crippen molar-refractivity contribution < 1.29 is 0 Å². The first-order valence-electron chi connectivity index (χ1n) is 21.3. The van der Waals surface area contributed by atoms with Crippen molar-refractivity contribution >= 4 is 54.3 Å².